The molecule has 0 bridgehead atoms. The van der Waals surface area contributed by atoms with Gasteiger partial charge in [0, 0.05) is 49.0 Å². The maximum absolute atomic E-state index is 14.3. The minimum Gasteiger partial charge on any atom is -0.324 e. The number of carbonyl (C=O) groups is 1. The highest BCUT2D eigenvalue weighted by Crippen LogP contribution is 2.26. The summed E-state index contributed by atoms with van der Waals surface area (Å²) in [5.74, 6) is 3.09. The van der Waals surface area contributed by atoms with Gasteiger partial charge in [-0.2, -0.15) is 11.8 Å². The van der Waals surface area contributed by atoms with Crippen molar-refractivity contribution in [2.45, 2.75) is 44.7 Å². The third-order valence-corrected chi connectivity index (χ3v) is 6.17. The summed E-state index contributed by atoms with van der Waals surface area (Å²) < 4.78 is 16.4. The number of carbonyl (C=O) groups excluding carboxylic acids is 1. The first-order valence-electron chi connectivity index (χ1n) is 9.53. The standard InChI is InChI=1S/C19H24FN5OS.2ClH/c20-15-6-5-13(19-24-23-17-4-2-1-3-8-25(17)19)10-16(15)22-18(26)11-14-12-27-9-7-21-14;;/h5-6,10,14,21H,1-4,7-9,11-12H2,(H,22,26);2*1H. The molecular weight excluding hydrogens is 436 g/mol. The number of rotatable bonds is 4. The van der Waals surface area contributed by atoms with Crippen LogP contribution in [-0.2, 0) is 17.8 Å². The predicted octanol–water partition coefficient (Wildman–Crippen LogP) is 3.69. The zero-order chi connectivity index (χ0) is 18.6. The molecule has 1 amide bonds. The molecule has 6 nitrogen and oxygen atoms in total. The van der Waals surface area contributed by atoms with Gasteiger partial charge in [0.2, 0.25) is 5.91 Å². The molecule has 29 heavy (non-hydrogen) atoms. The number of nitrogens with zero attached hydrogens (tertiary/aromatic N) is 3. The molecular formula is C19H26Cl2FN5OS. The van der Waals surface area contributed by atoms with Gasteiger partial charge in [0.1, 0.15) is 11.6 Å². The predicted molar refractivity (Wildman–Crippen MR) is 120 cm³/mol. The van der Waals surface area contributed by atoms with Crippen molar-refractivity contribution in [2.24, 2.45) is 0 Å². The molecule has 2 aliphatic rings. The van der Waals surface area contributed by atoms with Crippen LogP contribution in [0.2, 0.25) is 0 Å². The maximum Gasteiger partial charge on any atom is 0.226 e. The van der Waals surface area contributed by atoms with Crippen molar-refractivity contribution >= 4 is 48.2 Å². The highest BCUT2D eigenvalue weighted by atomic mass is 35.5. The van der Waals surface area contributed by atoms with E-state index in [9.17, 15) is 9.18 Å². The lowest BCUT2D eigenvalue weighted by molar-refractivity contribution is -0.116. The summed E-state index contributed by atoms with van der Waals surface area (Å²) in [5.41, 5.74) is 0.977. The monoisotopic (exact) mass is 461 g/mol. The Kier molecular flexibility index (Phi) is 9.20. The number of halogens is 3. The van der Waals surface area contributed by atoms with E-state index in [1.807, 2.05) is 11.8 Å². The Morgan fingerprint density at radius 2 is 2.14 bits per heavy atom. The minimum atomic E-state index is -0.436. The van der Waals surface area contributed by atoms with E-state index in [1.165, 1.54) is 12.5 Å². The summed E-state index contributed by atoms with van der Waals surface area (Å²) in [6.45, 7) is 1.78. The Hall–Kier alpha value is -1.35. The van der Waals surface area contributed by atoms with E-state index in [0.29, 0.717) is 6.42 Å². The number of benzene rings is 1. The SMILES string of the molecule is Cl.Cl.O=C(CC1CSCCN1)Nc1cc(-c2nnc3n2CCCCC3)ccc1F. The largest absolute Gasteiger partial charge is 0.324 e. The van der Waals surface area contributed by atoms with Crippen LogP contribution in [0.5, 0.6) is 0 Å². The molecule has 3 heterocycles. The molecule has 2 aromatic rings. The molecule has 2 N–H and O–H groups in total. The second kappa shape index (κ2) is 11.2. The van der Waals surface area contributed by atoms with Crippen LogP contribution in [0.3, 0.4) is 0 Å². The van der Waals surface area contributed by atoms with Gasteiger partial charge in [-0.05, 0) is 31.0 Å². The highest BCUT2D eigenvalue weighted by Gasteiger charge is 2.20. The molecule has 1 aromatic carbocycles. The number of hydrogen-bond donors (Lipinski definition) is 2. The smallest absolute Gasteiger partial charge is 0.226 e. The van der Waals surface area contributed by atoms with Crippen LogP contribution < -0.4 is 10.6 Å². The zero-order valence-electron chi connectivity index (χ0n) is 16.0. The van der Waals surface area contributed by atoms with Gasteiger partial charge in [-0.15, -0.1) is 35.0 Å². The van der Waals surface area contributed by atoms with Gasteiger partial charge >= 0.3 is 0 Å². The number of fused-ring (bicyclic) bond motifs is 1. The van der Waals surface area contributed by atoms with Crippen LogP contribution in [0, 0.1) is 5.82 Å². The number of nitrogens with one attached hydrogen (secondary N) is 2. The normalized spacial score (nSPS) is 18.6. The molecule has 160 valence electrons. The highest BCUT2D eigenvalue weighted by molar-refractivity contribution is 7.99. The van der Waals surface area contributed by atoms with Crippen LogP contribution in [0.1, 0.15) is 31.5 Å². The van der Waals surface area contributed by atoms with Crippen LogP contribution in [0.4, 0.5) is 10.1 Å². The van der Waals surface area contributed by atoms with Gasteiger partial charge in [0.15, 0.2) is 5.82 Å². The number of thioether (sulfide) groups is 1. The maximum atomic E-state index is 14.3. The summed E-state index contributed by atoms with van der Waals surface area (Å²) in [7, 11) is 0. The first-order valence-corrected chi connectivity index (χ1v) is 10.7. The average Bonchev–Trinajstić information content (AvgIpc) is 2.92. The van der Waals surface area contributed by atoms with Crippen LogP contribution >= 0.6 is 36.6 Å². The Balaban J connectivity index is 0.00000150. The first kappa shape index (κ1) is 23.9. The molecule has 1 atom stereocenters. The van der Waals surface area contributed by atoms with Crippen molar-refractivity contribution in [1.29, 1.82) is 0 Å². The van der Waals surface area contributed by atoms with Crippen LogP contribution in [0.15, 0.2) is 18.2 Å². The molecule has 0 saturated carbocycles. The van der Waals surface area contributed by atoms with Crippen molar-refractivity contribution in [2.75, 3.05) is 23.4 Å². The van der Waals surface area contributed by atoms with Gasteiger partial charge in [-0.1, -0.05) is 6.42 Å². The average molecular weight is 462 g/mol. The molecule has 2 aliphatic heterocycles. The number of anilines is 1. The van der Waals surface area contributed by atoms with Crippen LogP contribution in [-0.4, -0.2) is 44.8 Å². The fourth-order valence-electron chi connectivity index (χ4n) is 3.63. The molecule has 0 radical (unpaired) electrons. The lowest BCUT2D eigenvalue weighted by atomic mass is 10.1. The molecule has 10 heteroatoms. The summed E-state index contributed by atoms with van der Waals surface area (Å²) >= 11 is 1.84. The van der Waals surface area contributed by atoms with Crippen molar-refractivity contribution in [1.82, 2.24) is 20.1 Å². The van der Waals surface area contributed by atoms with Gasteiger partial charge in [-0.25, -0.2) is 4.39 Å². The summed E-state index contributed by atoms with van der Waals surface area (Å²) in [4.78, 5) is 12.3. The summed E-state index contributed by atoms with van der Waals surface area (Å²) in [6.07, 6.45) is 4.66. The second-order valence-corrected chi connectivity index (χ2v) is 8.22. The van der Waals surface area contributed by atoms with E-state index >= 15 is 0 Å². The third-order valence-electron chi connectivity index (χ3n) is 5.04. The van der Waals surface area contributed by atoms with E-state index in [4.69, 9.17) is 0 Å². The van der Waals surface area contributed by atoms with E-state index in [1.54, 1.807) is 12.1 Å². The molecule has 0 aliphatic carbocycles. The fourth-order valence-corrected chi connectivity index (χ4v) is 4.58. The fraction of sp³-hybridized carbons (Fsp3) is 0.526. The van der Waals surface area contributed by atoms with Crippen molar-refractivity contribution in [3.8, 4) is 11.4 Å². The number of aromatic nitrogens is 3. The Morgan fingerprint density at radius 3 is 2.93 bits per heavy atom. The lowest BCUT2D eigenvalue weighted by Gasteiger charge is -2.22. The quantitative estimate of drug-likeness (QED) is 0.726. The van der Waals surface area contributed by atoms with E-state index < -0.39 is 5.82 Å². The Labute approximate surface area is 186 Å². The van der Waals surface area contributed by atoms with E-state index in [-0.39, 0.29) is 42.5 Å². The van der Waals surface area contributed by atoms with Crippen molar-refractivity contribution in [3.05, 3.63) is 29.8 Å². The van der Waals surface area contributed by atoms with Gasteiger partial charge in [-0.3, -0.25) is 4.79 Å². The molecule has 1 unspecified atom stereocenters. The van der Waals surface area contributed by atoms with Crippen LogP contribution in [0.25, 0.3) is 11.4 Å². The van der Waals surface area contributed by atoms with Crippen molar-refractivity contribution < 1.29 is 9.18 Å². The topological polar surface area (TPSA) is 71.8 Å². The molecule has 4 rings (SSSR count). The van der Waals surface area contributed by atoms with Gasteiger partial charge in [0.25, 0.3) is 0 Å². The molecule has 0 spiro atoms. The number of aryl methyl sites for hydroxylation is 1. The lowest BCUT2D eigenvalue weighted by Crippen LogP contribution is -2.39. The van der Waals surface area contributed by atoms with E-state index in [0.717, 1.165) is 61.1 Å². The molecule has 1 fully saturated rings. The van der Waals surface area contributed by atoms with Crippen molar-refractivity contribution in [3.63, 3.8) is 0 Å². The molecule has 1 saturated heterocycles. The van der Waals surface area contributed by atoms with E-state index in [2.05, 4.69) is 25.4 Å². The van der Waals surface area contributed by atoms with Gasteiger partial charge < -0.3 is 15.2 Å². The van der Waals surface area contributed by atoms with Gasteiger partial charge in [0.05, 0.1) is 5.69 Å². The second-order valence-electron chi connectivity index (χ2n) is 7.08. The number of hydrogen-bond acceptors (Lipinski definition) is 5. The third kappa shape index (κ3) is 5.84. The summed E-state index contributed by atoms with van der Waals surface area (Å²) in [5, 5.41) is 14.7. The Bertz CT molecular complexity index is 829. The first-order chi connectivity index (χ1) is 13.2. The molecule has 1 aromatic heterocycles. The zero-order valence-corrected chi connectivity index (χ0v) is 18.5. The summed E-state index contributed by atoms with van der Waals surface area (Å²) in [6, 6.07) is 4.89. The Morgan fingerprint density at radius 1 is 1.28 bits per heavy atom. The minimum absolute atomic E-state index is 0. The number of amides is 1.